The summed E-state index contributed by atoms with van der Waals surface area (Å²) in [5, 5.41) is 11.5. The van der Waals surface area contributed by atoms with Crippen LogP contribution < -0.4 is 17.7 Å². The SMILES string of the molecule is CCC(C)(C)C(=O)Nc1ccc(C(=O)O)cc1.CCC(C)c1ccccc1.CC[N+](CC)(CC)CC.[Cl-]. The van der Waals surface area contributed by atoms with E-state index in [9.17, 15) is 9.59 Å². The van der Waals surface area contributed by atoms with Crippen LogP contribution in [0.15, 0.2) is 54.6 Å². The number of benzene rings is 2. The molecule has 0 radical (unpaired) electrons. The lowest BCUT2D eigenvalue weighted by Gasteiger charge is -2.34. The molecule has 37 heavy (non-hydrogen) atoms. The van der Waals surface area contributed by atoms with Crippen LogP contribution in [0.4, 0.5) is 5.69 Å². The number of aromatic carboxylic acids is 1. The van der Waals surface area contributed by atoms with Gasteiger partial charge in [-0.3, -0.25) is 4.79 Å². The van der Waals surface area contributed by atoms with Crippen LogP contribution in [0.2, 0.25) is 0 Å². The third-order valence-electron chi connectivity index (χ3n) is 7.55. The monoisotopic (exact) mass is 534 g/mol. The first-order chi connectivity index (χ1) is 16.9. The summed E-state index contributed by atoms with van der Waals surface area (Å²) in [6, 6.07) is 16.8. The molecule has 2 aromatic carbocycles. The van der Waals surface area contributed by atoms with Crippen molar-refractivity contribution >= 4 is 17.6 Å². The number of carbonyl (C=O) groups is 2. The second kappa shape index (κ2) is 18.8. The van der Waals surface area contributed by atoms with Crippen LogP contribution in [-0.2, 0) is 4.79 Å². The smallest absolute Gasteiger partial charge is 0.335 e. The van der Waals surface area contributed by atoms with Gasteiger partial charge in [-0.1, -0.05) is 65.0 Å². The molecule has 0 saturated carbocycles. The Hall–Kier alpha value is -2.37. The first-order valence-corrected chi connectivity index (χ1v) is 13.5. The van der Waals surface area contributed by atoms with E-state index in [4.69, 9.17) is 5.11 Å². The average Bonchev–Trinajstić information content (AvgIpc) is 2.91. The standard InChI is InChI=1S/C13H17NO3.C10H14.C8H20N.ClH/c1-4-13(2,3)12(17)14-10-7-5-9(6-8-10)11(15)16;1-3-9(2)10-7-5-4-6-8-10;1-5-9(6-2,7-3)8-4;/h5-8H,4H2,1-3H3,(H,14,17)(H,15,16);4-9H,3H2,1-2H3;5-8H2,1-4H3;1H/q;;+1;/p-1. The lowest BCUT2D eigenvalue weighted by molar-refractivity contribution is -0.921. The summed E-state index contributed by atoms with van der Waals surface area (Å²) in [5.74, 6) is -0.332. The van der Waals surface area contributed by atoms with Gasteiger partial charge in [-0.25, -0.2) is 4.79 Å². The fraction of sp³-hybridized carbons (Fsp3) is 0.548. The van der Waals surface area contributed by atoms with Gasteiger partial charge in [0, 0.05) is 11.1 Å². The summed E-state index contributed by atoms with van der Waals surface area (Å²) in [6.07, 6.45) is 1.97. The second-order valence-electron chi connectivity index (χ2n) is 9.90. The Morgan fingerprint density at radius 3 is 1.62 bits per heavy atom. The molecule has 0 heterocycles. The van der Waals surface area contributed by atoms with Crippen molar-refractivity contribution in [1.29, 1.82) is 0 Å². The van der Waals surface area contributed by atoms with Gasteiger partial charge in [0.15, 0.2) is 0 Å². The van der Waals surface area contributed by atoms with Crippen LogP contribution in [0, 0.1) is 5.41 Å². The Bertz CT molecular complexity index is 862. The molecule has 6 heteroatoms. The van der Waals surface area contributed by atoms with Gasteiger partial charge < -0.3 is 27.3 Å². The van der Waals surface area contributed by atoms with Crippen molar-refractivity contribution in [2.24, 2.45) is 5.41 Å². The van der Waals surface area contributed by atoms with Gasteiger partial charge >= 0.3 is 5.97 Å². The van der Waals surface area contributed by atoms with Crippen molar-refractivity contribution in [3.8, 4) is 0 Å². The fourth-order valence-corrected chi connectivity index (χ4v) is 3.52. The number of anilines is 1. The third-order valence-corrected chi connectivity index (χ3v) is 7.55. The molecule has 1 amide bonds. The molecule has 0 aliphatic carbocycles. The first-order valence-electron chi connectivity index (χ1n) is 13.5. The van der Waals surface area contributed by atoms with Crippen LogP contribution in [0.3, 0.4) is 0 Å². The maximum absolute atomic E-state index is 11.9. The van der Waals surface area contributed by atoms with Crippen LogP contribution in [-0.4, -0.2) is 47.6 Å². The first kappa shape index (κ1) is 36.8. The van der Waals surface area contributed by atoms with Gasteiger partial charge in [-0.05, 0) is 76.3 Å². The highest BCUT2D eigenvalue weighted by Gasteiger charge is 2.25. The fourth-order valence-electron chi connectivity index (χ4n) is 3.52. The second-order valence-corrected chi connectivity index (χ2v) is 9.90. The van der Waals surface area contributed by atoms with Gasteiger partial charge in [0.1, 0.15) is 0 Å². The Labute approximate surface area is 232 Å². The minimum atomic E-state index is -0.975. The molecule has 0 spiro atoms. The molecule has 210 valence electrons. The molecule has 0 bridgehead atoms. The predicted octanol–water partition coefficient (Wildman–Crippen LogP) is 4.85. The van der Waals surface area contributed by atoms with Crippen molar-refractivity contribution in [1.82, 2.24) is 0 Å². The summed E-state index contributed by atoms with van der Waals surface area (Å²) in [6.45, 7) is 24.4. The van der Waals surface area contributed by atoms with Gasteiger partial charge in [0.2, 0.25) is 5.91 Å². The largest absolute Gasteiger partial charge is 1.00 e. The molecule has 1 atom stereocenters. The van der Waals surface area contributed by atoms with Gasteiger partial charge in [-0.2, -0.15) is 0 Å². The summed E-state index contributed by atoms with van der Waals surface area (Å²) < 4.78 is 1.28. The summed E-state index contributed by atoms with van der Waals surface area (Å²) >= 11 is 0. The minimum absolute atomic E-state index is 0. The van der Waals surface area contributed by atoms with Crippen molar-refractivity contribution in [3.63, 3.8) is 0 Å². The van der Waals surface area contributed by atoms with E-state index in [0.717, 1.165) is 6.42 Å². The normalized spacial score (nSPS) is 11.5. The van der Waals surface area contributed by atoms with E-state index in [-0.39, 0.29) is 23.9 Å². The maximum atomic E-state index is 11.9. The number of hydrogen-bond donors (Lipinski definition) is 2. The molecule has 0 aliphatic rings. The Morgan fingerprint density at radius 1 is 0.838 bits per heavy atom. The Balaban J connectivity index is 0. The number of halogens is 1. The quantitative estimate of drug-likeness (QED) is 0.428. The third kappa shape index (κ3) is 13.1. The Morgan fingerprint density at radius 2 is 1.30 bits per heavy atom. The van der Waals surface area contributed by atoms with Crippen molar-refractivity contribution < 1.29 is 31.6 Å². The molecule has 2 aromatic rings. The number of carboxylic acid groups (broad SMARTS) is 1. The van der Waals surface area contributed by atoms with Gasteiger partial charge in [0.05, 0.1) is 31.7 Å². The molecule has 1 unspecified atom stereocenters. The van der Waals surface area contributed by atoms with E-state index in [2.05, 4.69) is 77.2 Å². The molecule has 0 saturated heterocycles. The van der Waals surface area contributed by atoms with Gasteiger partial charge in [0.25, 0.3) is 0 Å². The highest BCUT2D eigenvalue weighted by atomic mass is 35.5. The molecular weight excluding hydrogens is 484 g/mol. The lowest BCUT2D eigenvalue weighted by Crippen LogP contribution is -3.00. The zero-order chi connectivity index (χ0) is 27.8. The molecular formula is C31H51ClN2O3. The van der Waals surface area contributed by atoms with Crippen LogP contribution in [0.5, 0.6) is 0 Å². The van der Waals surface area contributed by atoms with Crippen LogP contribution in [0.1, 0.15) is 97.0 Å². The number of nitrogens with zero attached hydrogens (tertiary/aromatic N) is 1. The number of rotatable bonds is 10. The summed E-state index contributed by atoms with van der Waals surface area (Å²) in [4.78, 5) is 22.5. The maximum Gasteiger partial charge on any atom is 0.335 e. The number of carboxylic acids is 1. The number of amides is 1. The summed E-state index contributed by atoms with van der Waals surface area (Å²) in [5.41, 5.74) is 1.84. The Kier molecular flexibility index (Phi) is 18.7. The highest BCUT2D eigenvalue weighted by molar-refractivity contribution is 5.95. The number of carbonyl (C=O) groups excluding carboxylic acids is 1. The number of nitrogens with one attached hydrogen (secondary N) is 1. The summed E-state index contributed by atoms with van der Waals surface area (Å²) in [7, 11) is 0. The van der Waals surface area contributed by atoms with Crippen molar-refractivity contribution in [3.05, 3.63) is 65.7 Å². The zero-order valence-corrected chi connectivity index (χ0v) is 25.4. The molecule has 0 fully saturated rings. The lowest BCUT2D eigenvalue weighted by atomic mass is 9.89. The molecule has 0 aromatic heterocycles. The number of quaternary nitrogens is 1. The van der Waals surface area contributed by atoms with E-state index in [0.29, 0.717) is 11.6 Å². The van der Waals surface area contributed by atoms with Crippen LogP contribution >= 0.6 is 0 Å². The van der Waals surface area contributed by atoms with E-state index in [1.54, 1.807) is 12.1 Å². The number of hydrogen-bond acceptors (Lipinski definition) is 2. The van der Waals surface area contributed by atoms with E-state index < -0.39 is 11.4 Å². The average molecular weight is 535 g/mol. The predicted molar refractivity (Wildman–Crippen MR) is 154 cm³/mol. The molecule has 0 aliphatic heterocycles. The molecule has 2 rings (SSSR count). The zero-order valence-electron chi connectivity index (χ0n) is 24.6. The minimum Gasteiger partial charge on any atom is -1.00 e. The van der Waals surface area contributed by atoms with Gasteiger partial charge in [-0.15, -0.1) is 0 Å². The van der Waals surface area contributed by atoms with Crippen LogP contribution in [0.25, 0.3) is 0 Å². The van der Waals surface area contributed by atoms with E-state index in [1.807, 2.05) is 20.8 Å². The highest BCUT2D eigenvalue weighted by Crippen LogP contribution is 2.22. The van der Waals surface area contributed by atoms with Crippen molar-refractivity contribution in [2.75, 3.05) is 31.5 Å². The molecule has 2 N–H and O–H groups in total. The topological polar surface area (TPSA) is 66.4 Å². The van der Waals surface area contributed by atoms with Crippen molar-refractivity contribution in [2.45, 2.75) is 81.1 Å². The van der Waals surface area contributed by atoms with E-state index >= 15 is 0 Å². The molecule has 5 nitrogen and oxygen atoms in total. The van der Waals surface area contributed by atoms with E-state index in [1.165, 1.54) is 54.8 Å².